The first-order valence-corrected chi connectivity index (χ1v) is 8.32. The number of carbonyl (C=O) groups is 1. The van der Waals surface area contributed by atoms with Gasteiger partial charge < -0.3 is 4.74 Å². The van der Waals surface area contributed by atoms with Crippen LogP contribution in [0.15, 0.2) is 17.0 Å². The van der Waals surface area contributed by atoms with E-state index in [1.807, 2.05) is 6.92 Å². The summed E-state index contributed by atoms with van der Waals surface area (Å²) in [5, 5.41) is 8.53. The predicted molar refractivity (Wildman–Crippen MR) is 81.6 cm³/mol. The van der Waals surface area contributed by atoms with Crippen molar-refractivity contribution in [1.82, 2.24) is 4.72 Å². The third-order valence-corrected chi connectivity index (χ3v) is 4.75. The summed E-state index contributed by atoms with van der Waals surface area (Å²) in [6, 6.07) is 5.36. The molecule has 120 valence electrons. The number of benzene rings is 1. The first-order valence-electron chi connectivity index (χ1n) is 6.84. The molecule has 1 N–H and O–H groups in total. The molecule has 0 fully saturated rings. The van der Waals surface area contributed by atoms with Crippen molar-refractivity contribution >= 4 is 16.0 Å². The number of rotatable bonds is 6. The summed E-state index contributed by atoms with van der Waals surface area (Å²) in [5.74, 6) is -0.617. The molecular formula is C15H20N2O4S. The topological polar surface area (TPSA) is 96.3 Å². The van der Waals surface area contributed by atoms with Crippen molar-refractivity contribution in [2.24, 2.45) is 0 Å². The number of nitrogens with one attached hydrogen (secondary N) is 1. The van der Waals surface area contributed by atoms with E-state index in [1.165, 1.54) is 6.92 Å². The SMILES string of the molecule is Cc1cc(C)c(S(=O)(=O)NCCC(=O)O[C@H](C)C#N)c(C)c1. The predicted octanol–water partition coefficient (Wildman–Crippen LogP) is 1.74. The molecule has 0 aliphatic carbocycles. The number of ether oxygens (including phenoxy) is 1. The molecule has 1 aromatic rings. The van der Waals surface area contributed by atoms with Gasteiger partial charge in [0.25, 0.3) is 0 Å². The smallest absolute Gasteiger partial charge is 0.308 e. The second kappa shape index (κ2) is 7.38. The zero-order chi connectivity index (χ0) is 16.9. The number of nitrogens with zero attached hydrogens (tertiary/aromatic N) is 1. The quantitative estimate of drug-likeness (QED) is 0.804. The maximum Gasteiger partial charge on any atom is 0.308 e. The molecule has 0 aromatic heterocycles. The number of nitriles is 1. The normalized spacial score (nSPS) is 12.5. The van der Waals surface area contributed by atoms with E-state index in [1.54, 1.807) is 32.0 Å². The van der Waals surface area contributed by atoms with E-state index in [-0.39, 0.29) is 17.9 Å². The van der Waals surface area contributed by atoms with E-state index in [2.05, 4.69) is 4.72 Å². The summed E-state index contributed by atoms with van der Waals surface area (Å²) in [5.41, 5.74) is 2.30. The van der Waals surface area contributed by atoms with Crippen LogP contribution >= 0.6 is 0 Å². The molecule has 0 amide bonds. The number of sulfonamides is 1. The Kier molecular flexibility index (Phi) is 6.09. The van der Waals surface area contributed by atoms with E-state index in [4.69, 9.17) is 10.00 Å². The lowest BCUT2D eigenvalue weighted by Crippen LogP contribution is -2.28. The second-order valence-corrected chi connectivity index (χ2v) is 6.84. The van der Waals surface area contributed by atoms with Gasteiger partial charge in [0.1, 0.15) is 6.07 Å². The maximum absolute atomic E-state index is 12.3. The fraction of sp³-hybridized carbons (Fsp3) is 0.467. The molecule has 1 atom stereocenters. The molecule has 6 nitrogen and oxygen atoms in total. The summed E-state index contributed by atoms with van der Waals surface area (Å²) in [7, 11) is -3.69. The lowest BCUT2D eigenvalue weighted by atomic mass is 10.1. The van der Waals surface area contributed by atoms with Crippen molar-refractivity contribution in [2.75, 3.05) is 6.54 Å². The fourth-order valence-corrected chi connectivity index (χ4v) is 3.71. The maximum atomic E-state index is 12.3. The molecule has 0 unspecified atom stereocenters. The zero-order valence-electron chi connectivity index (χ0n) is 13.1. The Balaban J connectivity index is 2.74. The Bertz CT molecular complexity index is 682. The van der Waals surface area contributed by atoms with Crippen LogP contribution in [-0.2, 0) is 19.6 Å². The Morgan fingerprint density at radius 2 is 1.86 bits per heavy atom. The van der Waals surface area contributed by atoms with Gasteiger partial charge in [-0.25, -0.2) is 13.1 Å². The molecule has 0 radical (unpaired) electrons. The van der Waals surface area contributed by atoms with Crippen LogP contribution in [0, 0.1) is 32.1 Å². The van der Waals surface area contributed by atoms with Gasteiger partial charge in [-0.05, 0) is 38.8 Å². The Morgan fingerprint density at radius 1 is 1.32 bits per heavy atom. The highest BCUT2D eigenvalue weighted by molar-refractivity contribution is 7.89. The minimum Gasteiger partial charge on any atom is -0.447 e. The van der Waals surface area contributed by atoms with Crippen molar-refractivity contribution in [1.29, 1.82) is 5.26 Å². The molecule has 0 bridgehead atoms. The fourth-order valence-electron chi connectivity index (χ4n) is 2.23. The molecule has 7 heteroatoms. The minimum absolute atomic E-state index is 0.0773. The highest BCUT2D eigenvalue weighted by Gasteiger charge is 2.20. The summed E-state index contributed by atoms with van der Waals surface area (Å²) in [6.07, 6.45) is -0.972. The summed E-state index contributed by atoms with van der Waals surface area (Å²) < 4.78 is 31.8. The molecule has 0 aliphatic heterocycles. The van der Waals surface area contributed by atoms with Gasteiger partial charge in [-0.3, -0.25) is 4.79 Å². The Morgan fingerprint density at radius 3 is 2.36 bits per heavy atom. The van der Waals surface area contributed by atoms with Crippen molar-refractivity contribution in [3.05, 3.63) is 28.8 Å². The average Bonchev–Trinajstić information content (AvgIpc) is 2.36. The van der Waals surface area contributed by atoms with Gasteiger partial charge in [0, 0.05) is 6.54 Å². The molecule has 0 heterocycles. The summed E-state index contributed by atoms with van der Waals surface area (Å²) in [6.45, 7) is 6.73. The molecule has 1 rings (SSSR count). The van der Waals surface area contributed by atoms with E-state index < -0.39 is 22.1 Å². The van der Waals surface area contributed by atoms with Crippen LogP contribution in [0.4, 0.5) is 0 Å². The third-order valence-electron chi connectivity index (χ3n) is 2.98. The minimum atomic E-state index is -3.69. The van der Waals surface area contributed by atoms with Crippen molar-refractivity contribution in [3.8, 4) is 6.07 Å². The molecule has 0 aliphatic rings. The lowest BCUT2D eigenvalue weighted by Gasteiger charge is -2.13. The van der Waals surface area contributed by atoms with Gasteiger partial charge >= 0.3 is 5.97 Å². The van der Waals surface area contributed by atoms with Crippen LogP contribution in [0.1, 0.15) is 30.0 Å². The van der Waals surface area contributed by atoms with Gasteiger partial charge in [0.2, 0.25) is 10.0 Å². The van der Waals surface area contributed by atoms with Crippen molar-refractivity contribution < 1.29 is 17.9 Å². The average molecular weight is 324 g/mol. The molecule has 22 heavy (non-hydrogen) atoms. The highest BCUT2D eigenvalue weighted by atomic mass is 32.2. The number of hydrogen-bond acceptors (Lipinski definition) is 5. The first-order chi connectivity index (χ1) is 10.2. The summed E-state index contributed by atoms with van der Waals surface area (Å²) >= 11 is 0. The standard InChI is InChI=1S/C15H20N2O4S/c1-10-7-11(2)15(12(3)8-10)22(19,20)17-6-5-14(18)21-13(4)9-16/h7-8,13,17H,5-6H2,1-4H3/t13-/m1/s1. The summed E-state index contributed by atoms with van der Waals surface area (Å²) in [4.78, 5) is 11.6. The van der Waals surface area contributed by atoms with Crippen molar-refractivity contribution in [2.45, 2.75) is 45.1 Å². The number of carbonyl (C=O) groups excluding carboxylic acids is 1. The van der Waals surface area contributed by atoms with Crippen molar-refractivity contribution in [3.63, 3.8) is 0 Å². The van der Waals surface area contributed by atoms with Crippen LogP contribution in [0.3, 0.4) is 0 Å². The third kappa shape index (κ3) is 4.83. The van der Waals surface area contributed by atoms with Gasteiger partial charge in [-0.15, -0.1) is 0 Å². The largest absolute Gasteiger partial charge is 0.447 e. The van der Waals surface area contributed by atoms with Gasteiger partial charge in [0.05, 0.1) is 11.3 Å². The van der Waals surface area contributed by atoms with Crippen LogP contribution in [0.25, 0.3) is 0 Å². The monoisotopic (exact) mass is 324 g/mol. The van der Waals surface area contributed by atoms with E-state index in [9.17, 15) is 13.2 Å². The van der Waals surface area contributed by atoms with Crippen LogP contribution in [0.2, 0.25) is 0 Å². The molecule has 0 saturated carbocycles. The first kappa shape index (κ1) is 18.1. The highest BCUT2D eigenvalue weighted by Crippen LogP contribution is 2.21. The zero-order valence-corrected chi connectivity index (χ0v) is 14.0. The number of esters is 1. The van der Waals surface area contributed by atoms with Crippen LogP contribution in [0.5, 0.6) is 0 Å². The van der Waals surface area contributed by atoms with Crippen LogP contribution < -0.4 is 4.72 Å². The van der Waals surface area contributed by atoms with E-state index in [0.29, 0.717) is 11.1 Å². The van der Waals surface area contributed by atoms with E-state index in [0.717, 1.165) is 5.56 Å². The van der Waals surface area contributed by atoms with Gasteiger partial charge in [-0.2, -0.15) is 5.26 Å². The second-order valence-electron chi connectivity index (χ2n) is 5.14. The van der Waals surface area contributed by atoms with Gasteiger partial charge in [0.15, 0.2) is 6.10 Å². The number of aryl methyl sites for hydroxylation is 3. The molecule has 1 aromatic carbocycles. The van der Waals surface area contributed by atoms with E-state index >= 15 is 0 Å². The number of hydrogen-bond donors (Lipinski definition) is 1. The Hall–Kier alpha value is -1.91. The Labute approximate surface area is 131 Å². The molecule has 0 saturated heterocycles. The lowest BCUT2D eigenvalue weighted by molar-refractivity contribution is -0.145. The molecule has 0 spiro atoms. The molecular weight excluding hydrogens is 304 g/mol. The van der Waals surface area contributed by atoms with Gasteiger partial charge in [-0.1, -0.05) is 17.7 Å². The van der Waals surface area contributed by atoms with Crippen LogP contribution in [-0.4, -0.2) is 27.0 Å².